The minimum absolute atomic E-state index is 0.0370. The van der Waals surface area contributed by atoms with Crippen LogP contribution in [0.25, 0.3) is 22.8 Å². The molecule has 0 saturated heterocycles. The molecule has 314 valence electrons. The van der Waals surface area contributed by atoms with Crippen LogP contribution in [0.4, 0.5) is 32.4 Å². The van der Waals surface area contributed by atoms with Crippen molar-refractivity contribution in [2.45, 2.75) is 25.7 Å². The van der Waals surface area contributed by atoms with E-state index in [1.807, 2.05) is 12.1 Å². The number of carbonyl (C=O) groups excluding carboxylic acids is 1. The highest BCUT2D eigenvalue weighted by Gasteiger charge is 2.19. The standard InChI is InChI=1S/C22H17F2N5O.C15H13FN4.C7H4FNO.CH3F/c23-17-10-7-15(8-11-17)9-12-20-27-21(16-4-3-13-25-14-16)28-29(20)22(30)26-19-6-2-1-5-18(19)24;16-13-6-3-11(4-7-13)5-8-14-18-15(20-19-14)12-2-1-9-17-10-12;8-6-3-1-2-4-7(6)10-5-9;1-2/h1-8,10-11,13-14H,9,12H2,(H,26,30);1-4,6-7,9-10H,5,8H2,(H,18,19,20);1-4H;1H3/i;;;1D. The van der Waals surface area contributed by atoms with Gasteiger partial charge in [0, 0.05) is 48.8 Å². The molecule has 0 radical (unpaired) electrons. The van der Waals surface area contributed by atoms with E-state index in [-0.39, 0.29) is 23.1 Å². The van der Waals surface area contributed by atoms with E-state index in [4.69, 9.17) is 6.63 Å². The van der Waals surface area contributed by atoms with Gasteiger partial charge in [-0.25, -0.2) is 32.3 Å². The number of ether oxygens (including phenoxy) is 1. The number of carbonyl (C=O) groups is 1. The van der Waals surface area contributed by atoms with Crippen molar-refractivity contribution in [1.82, 2.24) is 39.9 Å². The summed E-state index contributed by atoms with van der Waals surface area (Å²) in [6.07, 6.45) is 10.5. The molecule has 0 unspecified atom stereocenters. The molecule has 0 fully saturated rings. The van der Waals surface area contributed by atoms with Gasteiger partial charge >= 0.3 is 6.03 Å². The molecule has 0 aliphatic heterocycles. The zero-order chi connectivity index (χ0) is 44.8. The Morgan fingerprint density at radius 1 is 0.726 bits per heavy atom. The summed E-state index contributed by atoms with van der Waals surface area (Å²) in [4.78, 5) is 29.8. The van der Waals surface area contributed by atoms with Crippen LogP contribution in [-0.4, -0.2) is 53.1 Å². The third kappa shape index (κ3) is 13.5. The lowest BCUT2D eigenvalue weighted by Crippen LogP contribution is -2.24. The molecule has 0 bridgehead atoms. The van der Waals surface area contributed by atoms with Gasteiger partial charge in [-0.1, -0.05) is 48.5 Å². The van der Waals surface area contributed by atoms with Gasteiger partial charge in [0.05, 0.1) is 14.2 Å². The number of para-hydroxylation sites is 2. The fourth-order valence-corrected chi connectivity index (χ4v) is 5.45. The van der Waals surface area contributed by atoms with E-state index in [1.165, 1.54) is 66.9 Å². The Morgan fingerprint density at radius 2 is 1.29 bits per heavy atom. The molecule has 0 aliphatic carbocycles. The van der Waals surface area contributed by atoms with Crippen LogP contribution in [0.2, 0.25) is 0 Å². The number of anilines is 1. The molecule has 1 amide bonds. The van der Waals surface area contributed by atoms with Crippen molar-refractivity contribution in [2.75, 3.05) is 12.5 Å². The second-order valence-corrected chi connectivity index (χ2v) is 12.6. The smallest absolute Gasteiger partial charge is 0.348 e. The molecule has 0 spiro atoms. The number of H-pyrrole nitrogens is 1. The lowest BCUT2D eigenvalue weighted by molar-refractivity contribution is 0.250. The number of aromatic nitrogens is 8. The summed E-state index contributed by atoms with van der Waals surface area (Å²) >= 11 is 0. The van der Waals surface area contributed by atoms with Crippen LogP contribution in [-0.2, 0) is 25.7 Å². The van der Waals surface area contributed by atoms with Gasteiger partial charge in [-0.15, -0.1) is 10.4 Å². The lowest BCUT2D eigenvalue weighted by Gasteiger charge is -2.08. The molecule has 8 aromatic rings. The van der Waals surface area contributed by atoms with Gasteiger partial charge in [0.25, 0.3) is 6.26 Å². The van der Waals surface area contributed by atoms with Gasteiger partial charge in [0.15, 0.2) is 23.2 Å². The number of amides is 1. The van der Waals surface area contributed by atoms with E-state index in [0.717, 1.165) is 40.0 Å². The quantitative estimate of drug-likeness (QED) is 0.101. The first-order chi connectivity index (χ1) is 30.7. The molecule has 0 aliphatic rings. The molecule has 8 rings (SSSR count). The number of aryl methyl sites for hydroxylation is 4. The number of nitriles is 1. The van der Waals surface area contributed by atoms with Crippen LogP contribution >= 0.6 is 0 Å². The average molecular weight is 846 g/mol. The van der Waals surface area contributed by atoms with Crippen LogP contribution in [0.5, 0.6) is 5.75 Å². The van der Waals surface area contributed by atoms with Crippen LogP contribution in [0, 0.1) is 34.8 Å². The fraction of sp³-hybridized carbons (Fsp3) is 0.111. The van der Waals surface area contributed by atoms with Crippen molar-refractivity contribution < 1.29 is 32.9 Å². The van der Waals surface area contributed by atoms with Crippen molar-refractivity contribution in [1.29, 1.82) is 5.26 Å². The topological polar surface area (TPSA) is 160 Å². The average Bonchev–Trinajstić information content (AvgIpc) is 3.97. The maximum absolute atomic E-state index is 13.9. The summed E-state index contributed by atoms with van der Waals surface area (Å²) in [6, 6.07) is 30.9. The first-order valence-electron chi connectivity index (χ1n) is 19.3. The summed E-state index contributed by atoms with van der Waals surface area (Å²) in [6.45, 7) is 0. The second kappa shape index (κ2) is 23.5. The largest absolute Gasteiger partial charge is 0.385 e. The van der Waals surface area contributed by atoms with Gasteiger partial charge in [0.2, 0.25) is 0 Å². The molecule has 0 atom stereocenters. The van der Waals surface area contributed by atoms with Gasteiger partial charge in [-0.3, -0.25) is 19.5 Å². The molecule has 12 nitrogen and oxygen atoms in total. The van der Waals surface area contributed by atoms with Gasteiger partial charge in [-0.2, -0.15) is 9.78 Å². The summed E-state index contributed by atoms with van der Waals surface area (Å²) in [5.74, 6) is 0.547. The Bertz CT molecular complexity index is 2670. The Balaban J connectivity index is 0.000000194. The summed E-state index contributed by atoms with van der Waals surface area (Å²) < 4.78 is 73.3. The Kier molecular flexibility index (Phi) is 16.4. The zero-order valence-electron chi connectivity index (χ0n) is 33.7. The Labute approximate surface area is 354 Å². The van der Waals surface area contributed by atoms with Crippen LogP contribution in [0.3, 0.4) is 0 Å². The van der Waals surface area contributed by atoms with E-state index in [0.29, 0.717) is 35.9 Å². The Hall–Kier alpha value is -8.13. The molecular weight excluding hydrogens is 808 g/mol. The van der Waals surface area contributed by atoms with Crippen molar-refractivity contribution in [3.05, 3.63) is 192 Å². The molecule has 4 aromatic heterocycles. The predicted octanol–water partition coefficient (Wildman–Crippen LogP) is 9.55. The number of hydrogen-bond donors (Lipinski definition) is 2. The first kappa shape index (κ1) is 43.4. The number of rotatable bonds is 10. The van der Waals surface area contributed by atoms with Crippen LogP contribution in [0.1, 0.15) is 24.1 Å². The zero-order valence-corrected chi connectivity index (χ0v) is 32.7. The third-order valence-electron chi connectivity index (χ3n) is 8.46. The number of pyridine rings is 2. The Morgan fingerprint density at radius 3 is 1.85 bits per heavy atom. The van der Waals surface area contributed by atoms with Crippen molar-refractivity contribution in [3.8, 4) is 34.8 Å². The van der Waals surface area contributed by atoms with Gasteiger partial charge in [0.1, 0.15) is 29.1 Å². The number of hydrogen-bond acceptors (Lipinski definition) is 9. The number of nitrogens with zero attached hydrogens (tertiary/aromatic N) is 8. The fourth-order valence-electron chi connectivity index (χ4n) is 5.45. The summed E-state index contributed by atoms with van der Waals surface area (Å²) in [5.41, 5.74) is 3.55. The normalized spacial score (nSPS) is 10.3. The maximum atomic E-state index is 13.9. The van der Waals surface area contributed by atoms with E-state index in [9.17, 15) is 26.7 Å². The molecule has 17 heteroatoms. The highest BCUT2D eigenvalue weighted by atomic mass is 19.1. The minimum atomic E-state index is -1.00. The van der Waals surface area contributed by atoms with Gasteiger partial charge in [-0.05, 0) is 96.8 Å². The van der Waals surface area contributed by atoms with E-state index >= 15 is 0 Å². The number of halogens is 5. The number of alkyl halides is 1. The molecule has 4 aromatic carbocycles. The van der Waals surface area contributed by atoms with Crippen molar-refractivity contribution in [2.24, 2.45) is 0 Å². The maximum Gasteiger partial charge on any atom is 0.348 e. The number of aromatic amines is 1. The van der Waals surface area contributed by atoms with E-state index in [2.05, 4.69) is 45.3 Å². The lowest BCUT2D eigenvalue weighted by atomic mass is 10.1. The third-order valence-corrected chi connectivity index (χ3v) is 8.46. The van der Waals surface area contributed by atoms with Crippen LogP contribution in [0.15, 0.2) is 146 Å². The van der Waals surface area contributed by atoms with Crippen molar-refractivity contribution >= 4 is 11.7 Å². The molecule has 62 heavy (non-hydrogen) atoms. The van der Waals surface area contributed by atoms with E-state index in [1.54, 1.807) is 73.3 Å². The first-order valence-corrected chi connectivity index (χ1v) is 18.6. The molecule has 0 saturated carbocycles. The van der Waals surface area contributed by atoms with Gasteiger partial charge < -0.3 is 10.1 Å². The minimum Gasteiger partial charge on any atom is -0.385 e. The number of benzene rings is 4. The monoisotopic (exact) mass is 845 g/mol. The SMILES string of the molecule is Fc1ccc(CCc2nc(-c3cccnc3)n[nH]2)cc1.N#COc1ccccc1F.O=C(Nc1ccccc1F)n1nc(-c2cccnc2)nc1CCc1ccc(F)cc1.[2H]CF. The molecule has 4 heterocycles. The molecule has 2 N–H and O–H groups in total. The summed E-state index contributed by atoms with van der Waals surface area (Å²) in [7, 11) is -1.00. The molecular formula is C45H37F5N10O2. The predicted molar refractivity (Wildman–Crippen MR) is 221 cm³/mol. The second-order valence-electron chi connectivity index (χ2n) is 12.6. The van der Waals surface area contributed by atoms with E-state index < -0.39 is 24.8 Å². The highest BCUT2D eigenvalue weighted by molar-refractivity contribution is 5.91. The van der Waals surface area contributed by atoms with Crippen LogP contribution < -0.4 is 10.1 Å². The highest BCUT2D eigenvalue weighted by Crippen LogP contribution is 2.19. The van der Waals surface area contributed by atoms with Crippen molar-refractivity contribution in [3.63, 3.8) is 0 Å². The number of nitrogens with one attached hydrogen (secondary N) is 2. The summed E-state index contributed by atoms with van der Waals surface area (Å²) in [5, 5.41) is 21.9.